The third kappa shape index (κ3) is 3.95. The fourth-order valence-corrected chi connectivity index (χ4v) is 3.21. The van der Waals surface area contributed by atoms with Crippen LogP contribution in [-0.2, 0) is 11.3 Å². The van der Waals surface area contributed by atoms with E-state index in [0.717, 1.165) is 30.3 Å². The molecular formula is C13H20ClNOS. The van der Waals surface area contributed by atoms with E-state index < -0.39 is 0 Å². The van der Waals surface area contributed by atoms with Crippen molar-refractivity contribution in [2.24, 2.45) is 5.92 Å². The van der Waals surface area contributed by atoms with Crippen LogP contribution in [0.15, 0.2) is 12.1 Å². The van der Waals surface area contributed by atoms with Crippen molar-refractivity contribution >= 4 is 22.9 Å². The number of nitrogens with one attached hydrogen (secondary N) is 1. The molecule has 4 heteroatoms. The molecule has 1 N–H and O–H groups in total. The summed E-state index contributed by atoms with van der Waals surface area (Å²) in [5.41, 5.74) is 0. The van der Waals surface area contributed by atoms with E-state index in [1.54, 1.807) is 11.3 Å². The summed E-state index contributed by atoms with van der Waals surface area (Å²) < 4.78 is 6.64. The fraction of sp³-hybridized carbons (Fsp3) is 0.692. The lowest BCUT2D eigenvalue weighted by molar-refractivity contribution is -0.0245. The van der Waals surface area contributed by atoms with Gasteiger partial charge in [-0.3, -0.25) is 0 Å². The van der Waals surface area contributed by atoms with E-state index in [0.29, 0.717) is 18.1 Å². The van der Waals surface area contributed by atoms with Gasteiger partial charge in [0.25, 0.3) is 0 Å². The Hall–Kier alpha value is -0.0900. The molecule has 1 saturated heterocycles. The zero-order chi connectivity index (χ0) is 12.3. The molecule has 0 aromatic carbocycles. The van der Waals surface area contributed by atoms with Crippen molar-refractivity contribution < 1.29 is 4.74 Å². The van der Waals surface area contributed by atoms with E-state index in [2.05, 4.69) is 25.2 Å². The molecule has 1 aromatic rings. The molecule has 17 heavy (non-hydrogen) atoms. The first-order chi connectivity index (χ1) is 8.15. The van der Waals surface area contributed by atoms with Crippen molar-refractivity contribution in [1.82, 2.24) is 5.32 Å². The van der Waals surface area contributed by atoms with Gasteiger partial charge in [0.05, 0.1) is 10.4 Å². The Labute approximate surface area is 112 Å². The minimum Gasteiger partial charge on any atom is -0.378 e. The predicted molar refractivity (Wildman–Crippen MR) is 73.8 cm³/mol. The molecule has 2 rings (SSSR count). The van der Waals surface area contributed by atoms with Crippen molar-refractivity contribution in [2.75, 3.05) is 6.61 Å². The van der Waals surface area contributed by atoms with Crippen molar-refractivity contribution in [2.45, 2.75) is 45.4 Å². The molecule has 0 bridgehead atoms. The summed E-state index contributed by atoms with van der Waals surface area (Å²) in [4.78, 5) is 1.31. The van der Waals surface area contributed by atoms with Gasteiger partial charge in [-0.05, 0) is 30.9 Å². The Morgan fingerprint density at radius 1 is 1.53 bits per heavy atom. The van der Waals surface area contributed by atoms with E-state index in [4.69, 9.17) is 16.3 Å². The summed E-state index contributed by atoms with van der Waals surface area (Å²) in [7, 11) is 0. The molecular weight excluding hydrogens is 254 g/mol. The van der Waals surface area contributed by atoms with Crippen molar-refractivity contribution in [3.63, 3.8) is 0 Å². The molecule has 1 aliphatic heterocycles. The first kappa shape index (κ1) is 13.3. The van der Waals surface area contributed by atoms with E-state index in [9.17, 15) is 0 Å². The molecule has 2 nitrogen and oxygen atoms in total. The average molecular weight is 274 g/mol. The molecule has 0 aliphatic carbocycles. The molecule has 1 aromatic heterocycles. The maximum absolute atomic E-state index is 5.92. The fourth-order valence-electron chi connectivity index (χ4n) is 2.17. The van der Waals surface area contributed by atoms with E-state index in [-0.39, 0.29) is 0 Å². The summed E-state index contributed by atoms with van der Waals surface area (Å²) in [6, 6.07) is 4.64. The number of hydrogen-bond donors (Lipinski definition) is 1. The normalized spacial score (nSPS) is 25.4. The van der Waals surface area contributed by atoms with Gasteiger partial charge in [-0.1, -0.05) is 25.4 Å². The Morgan fingerprint density at radius 3 is 3.00 bits per heavy atom. The number of hydrogen-bond acceptors (Lipinski definition) is 3. The predicted octanol–water partition coefficient (Wildman–Crippen LogP) is 3.69. The van der Waals surface area contributed by atoms with Crippen LogP contribution in [0.1, 0.15) is 31.6 Å². The Kier molecular flexibility index (Phi) is 4.86. The molecule has 1 fully saturated rings. The highest BCUT2D eigenvalue weighted by atomic mass is 35.5. The van der Waals surface area contributed by atoms with Gasteiger partial charge < -0.3 is 10.1 Å². The van der Waals surface area contributed by atoms with Crippen LogP contribution in [0.5, 0.6) is 0 Å². The molecule has 2 atom stereocenters. The Balaban J connectivity index is 1.79. The van der Waals surface area contributed by atoms with Crippen LogP contribution in [0, 0.1) is 5.92 Å². The zero-order valence-electron chi connectivity index (χ0n) is 10.4. The molecule has 0 spiro atoms. The third-order valence-electron chi connectivity index (χ3n) is 3.25. The minimum atomic E-state index is 0.410. The van der Waals surface area contributed by atoms with Crippen LogP contribution in [0.4, 0.5) is 0 Å². The van der Waals surface area contributed by atoms with Gasteiger partial charge in [0.1, 0.15) is 0 Å². The SMILES string of the molecule is CC(C)C1CC(NCc2ccc(Cl)s2)CCO1. The molecule has 0 radical (unpaired) electrons. The highest BCUT2D eigenvalue weighted by Gasteiger charge is 2.24. The summed E-state index contributed by atoms with van der Waals surface area (Å²) in [6.45, 7) is 6.26. The molecule has 2 unspecified atom stereocenters. The Bertz CT molecular complexity index is 353. The van der Waals surface area contributed by atoms with Crippen LogP contribution in [-0.4, -0.2) is 18.8 Å². The van der Waals surface area contributed by atoms with Crippen LogP contribution < -0.4 is 5.32 Å². The average Bonchev–Trinajstić information content (AvgIpc) is 2.73. The van der Waals surface area contributed by atoms with Gasteiger partial charge in [-0.2, -0.15) is 0 Å². The van der Waals surface area contributed by atoms with Crippen LogP contribution >= 0.6 is 22.9 Å². The maximum atomic E-state index is 5.92. The summed E-state index contributed by atoms with van der Waals surface area (Å²) >= 11 is 7.57. The minimum absolute atomic E-state index is 0.410. The summed E-state index contributed by atoms with van der Waals surface area (Å²) in [5, 5.41) is 3.61. The molecule has 1 aliphatic rings. The molecule has 2 heterocycles. The first-order valence-corrected chi connectivity index (χ1v) is 7.44. The molecule has 96 valence electrons. The maximum Gasteiger partial charge on any atom is 0.0931 e. The zero-order valence-corrected chi connectivity index (χ0v) is 12.0. The number of ether oxygens (including phenoxy) is 1. The Morgan fingerprint density at radius 2 is 2.35 bits per heavy atom. The van der Waals surface area contributed by atoms with Gasteiger partial charge in [0.15, 0.2) is 0 Å². The lowest BCUT2D eigenvalue weighted by Gasteiger charge is -2.32. The molecule has 0 saturated carbocycles. The van der Waals surface area contributed by atoms with Gasteiger partial charge in [-0.15, -0.1) is 11.3 Å². The first-order valence-electron chi connectivity index (χ1n) is 6.24. The number of thiophene rings is 1. The smallest absolute Gasteiger partial charge is 0.0931 e. The van der Waals surface area contributed by atoms with Crippen LogP contribution in [0.2, 0.25) is 4.34 Å². The van der Waals surface area contributed by atoms with Gasteiger partial charge in [0, 0.05) is 24.1 Å². The van der Waals surface area contributed by atoms with Gasteiger partial charge in [-0.25, -0.2) is 0 Å². The lowest BCUT2D eigenvalue weighted by atomic mass is 9.95. The van der Waals surface area contributed by atoms with E-state index in [1.165, 1.54) is 4.88 Å². The second-order valence-electron chi connectivity index (χ2n) is 4.96. The topological polar surface area (TPSA) is 21.3 Å². The van der Waals surface area contributed by atoms with E-state index in [1.807, 2.05) is 6.07 Å². The monoisotopic (exact) mass is 273 g/mol. The second-order valence-corrected chi connectivity index (χ2v) is 6.76. The van der Waals surface area contributed by atoms with Crippen molar-refractivity contribution in [1.29, 1.82) is 0 Å². The summed E-state index contributed by atoms with van der Waals surface area (Å²) in [5.74, 6) is 0.607. The standard InChI is InChI=1S/C13H20ClNOS/c1-9(2)12-7-10(5-6-16-12)15-8-11-3-4-13(14)17-11/h3-4,9-10,12,15H,5-8H2,1-2H3. The lowest BCUT2D eigenvalue weighted by Crippen LogP contribution is -2.40. The number of halogens is 1. The highest BCUT2D eigenvalue weighted by Crippen LogP contribution is 2.23. The second kappa shape index (κ2) is 6.19. The third-order valence-corrected chi connectivity index (χ3v) is 4.48. The van der Waals surface area contributed by atoms with Crippen LogP contribution in [0.25, 0.3) is 0 Å². The van der Waals surface area contributed by atoms with Crippen molar-refractivity contribution in [3.8, 4) is 0 Å². The van der Waals surface area contributed by atoms with E-state index >= 15 is 0 Å². The van der Waals surface area contributed by atoms with Crippen molar-refractivity contribution in [3.05, 3.63) is 21.3 Å². The largest absolute Gasteiger partial charge is 0.378 e. The quantitative estimate of drug-likeness (QED) is 0.903. The summed E-state index contributed by atoms with van der Waals surface area (Å²) in [6.07, 6.45) is 2.65. The van der Waals surface area contributed by atoms with Crippen LogP contribution in [0.3, 0.4) is 0 Å². The van der Waals surface area contributed by atoms with Gasteiger partial charge in [0.2, 0.25) is 0 Å². The van der Waals surface area contributed by atoms with Gasteiger partial charge >= 0.3 is 0 Å². The highest BCUT2D eigenvalue weighted by molar-refractivity contribution is 7.16. The molecule has 0 amide bonds. The number of rotatable bonds is 4.